The lowest BCUT2D eigenvalue weighted by Crippen LogP contribution is -2.28. The second kappa shape index (κ2) is 6.08. The fourth-order valence-electron chi connectivity index (χ4n) is 2.34. The average Bonchev–Trinajstić information content (AvgIpc) is 3.06. The SMILES string of the molecule is O=C(NC[C@H](O)c1cccc2ccccc12)c1ccsc1. The van der Waals surface area contributed by atoms with E-state index in [1.807, 2.05) is 47.8 Å². The van der Waals surface area contributed by atoms with Gasteiger partial charge in [0.25, 0.3) is 5.91 Å². The van der Waals surface area contributed by atoms with Crippen LogP contribution in [0.4, 0.5) is 0 Å². The Morgan fingerprint density at radius 2 is 1.95 bits per heavy atom. The lowest BCUT2D eigenvalue weighted by molar-refractivity contribution is 0.0917. The quantitative estimate of drug-likeness (QED) is 0.775. The Bertz CT molecular complexity index is 747. The van der Waals surface area contributed by atoms with Gasteiger partial charge in [-0.3, -0.25) is 4.79 Å². The Kier molecular flexibility index (Phi) is 3.99. The third-order valence-corrected chi connectivity index (χ3v) is 4.10. The highest BCUT2D eigenvalue weighted by atomic mass is 32.1. The molecule has 3 nitrogen and oxygen atoms in total. The number of amides is 1. The van der Waals surface area contributed by atoms with Gasteiger partial charge in [0.05, 0.1) is 6.10 Å². The number of thiophene rings is 1. The van der Waals surface area contributed by atoms with Gasteiger partial charge in [0.1, 0.15) is 0 Å². The van der Waals surface area contributed by atoms with E-state index in [4.69, 9.17) is 0 Å². The van der Waals surface area contributed by atoms with E-state index in [2.05, 4.69) is 5.32 Å². The molecule has 1 amide bonds. The van der Waals surface area contributed by atoms with E-state index >= 15 is 0 Å². The molecule has 2 aromatic carbocycles. The molecule has 0 saturated carbocycles. The Balaban J connectivity index is 1.75. The third kappa shape index (κ3) is 2.96. The van der Waals surface area contributed by atoms with Crippen LogP contribution >= 0.6 is 11.3 Å². The molecule has 2 N–H and O–H groups in total. The highest BCUT2D eigenvalue weighted by Crippen LogP contribution is 2.23. The molecule has 0 fully saturated rings. The van der Waals surface area contributed by atoms with E-state index in [-0.39, 0.29) is 12.5 Å². The van der Waals surface area contributed by atoms with E-state index in [9.17, 15) is 9.90 Å². The summed E-state index contributed by atoms with van der Waals surface area (Å²) in [5.41, 5.74) is 1.46. The average molecular weight is 297 g/mol. The standard InChI is InChI=1S/C17H15NO2S/c19-16(10-18-17(20)13-8-9-21-11-13)15-7-3-5-12-4-1-2-6-14(12)15/h1-9,11,16,19H,10H2,(H,18,20)/t16-/m0/s1. The molecule has 0 unspecified atom stereocenters. The number of hydrogen-bond donors (Lipinski definition) is 2. The van der Waals surface area contributed by atoms with Crippen molar-refractivity contribution in [1.29, 1.82) is 0 Å². The number of fused-ring (bicyclic) bond motifs is 1. The molecular formula is C17H15NO2S. The minimum atomic E-state index is -0.723. The summed E-state index contributed by atoms with van der Waals surface area (Å²) in [5.74, 6) is -0.157. The zero-order valence-electron chi connectivity index (χ0n) is 11.3. The van der Waals surface area contributed by atoms with Crippen LogP contribution in [0.5, 0.6) is 0 Å². The number of hydrogen-bond acceptors (Lipinski definition) is 3. The van der Waals surface area contributed by atoms with Crippen LogP contribution in [0.1, 0.15) is 22.0 Å². The van der Waals surface area contributed by atoms with Gasteiger partial charge in [-0.25, -0.2) is 0 Å². The molecule has 1 heterocycles. The number of rotatable bonds is 4. The highest BCUT2D eigenvalue weighted by molar-refractivity contribution is 7.08. The maximum atomic E-state index is 11.9. The van der Waals surface area contributed by atoms with Crippen LogP contribution in [0.25, 0.3) is 10.8 Å². The molecule has 0 aliphatic rings. The first-order valence-corrected chi connectivity index (χ1v) is 7.66. The van der Waals surface area contributed by atoms with Crippen molar-refractivity contribution in [2.75, 3.05) is 6.54 Å². The number of benzene rings is 2. The van der Waals surface area contributed by atoms with E-state index in [0.29, 0.717) is 5.56 Å². The van der Waals surface area contributed by atoms with Crippen molar-refractivity contribution in [3.63, 3.8) is 0 Å². The van der Waals surface area contributed by atoms with Gasteiger partial charge in [-0.2, -0.15) is 11.3 Å². The Morgan fingerprint density at radius 3 is 2.76 bits per heavy atom. The first kappa shape index (κ1) is 13.8. The van der Waals surface area contributed by atoms with Crippen LogP contribution in [0, 0.1) is 0 Å². The van der Waals surface area contributed by atoms with E-state index in [1.165, 1.54) is 11.3 Å². The normalized spacial score (nSPS) is 12.2. The Hall–Kier alpha value is -2.17. The molecule has 21 heavy (non-hydrogen) atoms. The van der Waals surface area contributed by atoms with E-state index in [0.717, 1.165) is 16.3 Å². The topological polar surface area (TPSA) is 49.3 Å². The number of nitrogens with one attached hydrogen (secondary N) is 1. The van der Waals surface area contributed by atoms with Gasteiger partial charge in [-0.05, 0) is 27.8 Å². The van der Waals surface area contributed by atoms with Crippen molar-refractivity contribution in [1.82, 2.24) is 5.32 Å². The van der Waals surface area contributed by atoms with Gasteiger partial charge in [-0.1, -0.05) is 42.5 Å². The van der Waals surface area contributed by atoms with Crippen LogP contribution < -0.4 is 5.32 Å². The number of aliphatic hydroxyl groups excluding tert-OH is 1. The summed E-state index contributed by atoms with van der Waals surface area (Å²) in [6.07, 6.45) is -0.723. The summed E-state index contributed by atoms with van der Waals surface area (Å²) in [6.45, 7) is 0.197. The van der Waals surface area contributed by atoms with Gasteiger partial charge in [-0.15, -0.1) is 0 Å². The molecule has 0 bridgehead atoms. The molecule has 0 spiro atoms. The highest BCUT2D eigenvalue weighted by Gasteiger charge is 2.13. The molecule has 1 aromatic heterocycles. The number of carbonyl (C=O) groups is 1. The lowest BCUT2D eigenvalue weighted by atomic mass is 10.0. The summed E-state index contributed by atoms with van der Waals surface area (Å²) >= 11 is 1.48. The molecule has 4 heteroatoms. The van der Waals surface area contributed by atoms with Crippen LogP contribution in [0.2, 0.25) is 0 Å². The first-order valence-electron chi connectivity index (χ1n) is 6.72. The van der Waals surface area contributed by atoms with Gasteiger partial charge in [0, 0.05) is 17.5 Å². The molecule has 0 aliphatic carbocycles. The van der Waals surface area contributed by atoms with Crippen molar-refractivity contribution >= 4 is 28.0 Å². The molecule has 1 atom stereocenters. The van der Waals surface area contributed by atoms with Crippen LogP contribution in [-0.4, -0.2) is 17.6 Å². The Labute approximate surface area is 126 Å². The third-order valence-electron chi connectivity index (χ3n) is 3.42. The van der Waals surface area contributed by atoms with Crippen molar-refractivity contribution in [3.05, 3.63) is 70.4 Å². The van der Waals surface area contributed by atoms with Gasteiger partial charge < -0.3 is 10.4 Å². The van der Waals surface area contributed by atoms with E-state index < -0.39 is 6.10 Å². The molecule has 0 saturated heterocycles. The maximum absolute atomic E-state index is 11.9. The van der Waals surface area contributed by atoms with Crippen molar-refractivity contribution < 1.29 is 9.90 Å². The molecule has 0 radical (unpaired) electrons. The summed E-state index contributed by atoms with van der Waals surface area (Å²) in [4.78, 5) is 11.9. The molecule has 0 aliphatic heterocycles. The van der Waals surface area contributed by atoms with Crippen molar-refractivity contribution in [3.8, 4) is 0 Å². The zero-order chi connectivity index (χ0) is 14.7. The molecular weight excluding hydrogens is 282 g/mol. The monoisotopic (exact) mass is 297 g/mol. The summed E-state index contributed by atoms with van der Waals surface area (Å²) in [5, 5.41) is 18.9. The predicted molar refractivity (Wildman–Crippen MR) is 85.6 cm³/mol. The lowest BCUT2D eigenvalue weighted by Gasteiger charge is -2.14. The van der Waals surface area contributed by atoms with Crippen molar-refractivity contribution in [2.45, 2.75) is 6.10 Å². The minimum absolute atomic E-state index is 0.157. The summed E-state index contributed by atoms with van der Waals surface area (Å²) < 4.78 is 0. The van der Waals surface area contributed by atoms with Gasteiger partial charge in [0.15, 0.2) is 0 Å². The predicted octanol–water partition coefficient (Wildman–Crippen LogP) is 3.36. The minimum Gasteiger partial charge on any atom is -0.387 e. The second-order valence-corrected chi connectivity index (χ2v) is 5.59. The second-order valence-electron chi connectivity index (χ2n) is 4.81. The van der Waals surface area contributed by atoms with Crippen LogP contribution in [0.15, 0.2) is 59.3 Å². The molecule has 106 valence electrons. The smallest absolute Gasteiger partial charge is 0.252 e. The van der Waals surface area contributed by atoms with Gasteiger partial charge >= 0.3 is 0 Å². The fraction of sp³-hybridized carbons (Fsp3) is 0.118. The maximum Gasteiger partial charge on any atom is 0.252 e. The van der Waals surface area contributed by atoms with Crippen LogP contribution in [-0.2, 0) is 0 Å². The van der Waals surface area contributed by atoms with Gasteiger partial charge in [0.2, 0.25) is 0 Å². The zero-order valence-corrected chi connectivity index (χ0v) is 12.1. The Morgan fingerprint density at radius 1 is 1.14 bits per heavy atom. The first-order chi connectivity index (χ1) is 10.3. The number of carbonyl (C=O) groups excluding carboxylic acids is 1. The van der Waals surface area contributed by atoms with Crippen LogP contribution in [0.3, 0.4) is 0 Å². The summed E-state index contributed by atoms with van der Waals surface area (Å²) in [7, 11) is 0. The number of aliphatic hydroxyl groups is 1. The largest absolute Gasteiger partial charge is 0.387 e. The van der Waals surface area contributed by atoms with Crippen molar-refractivity contribution in [2.24, 2.45) is 0 Å². The molecule has 3 aromatic rings. The molecule has 3 rings (SSSR count). The summed E-state index contributed by atoms with van der Waals surface area (Å²) in [6, 6.07) is 15.5. The fourth-order valence-corrected chi connectivity index (χ4v) is 2.97. The van der Waals surface area contributed by atoms with E-state index in [1.54, 1.807) is 11.4 Å².